The van der Waals surface area contributed by atoms with Crippen LogP contribution in [0.2, 0.25) is 0 Å². The summed E-state index contributed by atoms with van der Waals surface area (Å²) in [7, 11) is 0. The van der Waals surface area contributed by atoms with E-state index in [4.69, 9.17) is 0 Å². The summed E-state index contributed by atoms with van der Waals surface area (Å²) >= 11 is 1.53. The van der Waals surface area contributed by atoms with Gasteiger partial charge in [-0.15, -0.1) is 11.8 Å². The van der Waals surface area contributed by atoms with E-state index in [0.29, 0.717) is 17.7 Å². The van der Waals surface area contributed by atoms with Gasteiger partial charge in [-0.05, 0) is 43.4 Å². The lowest BCUT2D eigenvalue weighted by Gasteiger charge is -2.24. The summed E-state index contributed by atoms with van der Waals surface area (Å²) in [5, 5.41) is 9.35. The van der Waals surface area contributed by atoms with Gasteiger partial charge < -0.3 is 16.0 Å². The highest BCUT2D eigenvalue weighted by Crippen LogP contribution is 2.35. The molecule has 0 radical (unpaired) electrons. The quantitative estimate of drug-likeness (QED) is 0.779. The Morgan fingerprint density at radius 3 is 3.00 bits per heavy atom. The minimum absolute atomic E-state index is 0.00695. The predicted octanol–water partition coefficient (Wildman–Crippen LogP) is 2.59. The fourth-order valence-electron chi connectivity index (χ4n) is 3.91. The van der Waals surface area contributed by atoms with Gasteiger partial charge in [-0.2, -0.15) is 0 Å². The number of amides is 2. The number of hydrogen-bond acceptors (Lipinski definition) is 4. The van der Waals surface area contributed by atoms with Crippen molar-refractivity contribution >= 4 is 35.0 Å². The lowest BCUT2D eigenvalue weighted by Crippen LogP contribution is -2.39. The van der Waals surface area contributed by atoms with Crippen LogP contribution in [0.3, 0.4) is 0 Å². The molecule has 6 heteroatoms. The molecule has 4 rings (SSSR count). The van der Waals surface area contributed by atoms with E-state index in [2.05, 4.69) is 16.0 Å². The first-order valence-electron chi connectivity index (χ1n) is 8.32. The molecular weight excluding hydrogens is 310 g/mol. The summed E-state index contributed by atoms with van der Waals surface area (Å²) in [6.45, 7) is 0. The van der Waals surface area contributed by atoms with Gasteiger partial charge in [0.05, 0.1) is 17.5 Å². The van der Waals surface area contributed by atoms with Crippen molar-refractivity contribution in [3.8, 4) is 0 Å². The van der Waals surface area contributed by atoms with Gasteiger partial charge in [-0.25, -0.2) is 0 Å². The largest absolute Gasteiger partial charge is 0.325 e. The molecule has 1 aromatic rings. The van der Waals surface area contributed by atoms with Gasteiger partial charge in [0.15, 0.2) is 0 Å². The van der Waals surface area contributed by atoms with E-state index in [-0.39, 0.29) is 17.9 Å². The van der Waals surface area contributed by atoms with Crippen LogP contribution in [-0.2, 0) is 9.59 Å². The molecule has 3 atom stereocenters. The normalized spacial score (nSPS) is 29.4. The van der Waals surface area contributed by atoms with Crippen LogP contribution < -0.4 is 16.0 Å². The van der Waals surface area contributed by atoms with Crippen LogP contribution in [0.15, 0.2) is 23.1 Å². The highest BCUT2D eigenvalue weighted by atomic mass is 32.2. The number of rotatable bonds is 2. The second-order valence-corrected chi connectivity index (χ2v) is 7.66. The second-order valence-electron chi connectivity index (χ2n) is 6.64. The third kappa shape index (κ3) is 3.10. The summed E-state index contributed by atoms with van der Waals surface area (Å²) in [5.74, 6) is 1.15. The van der Waals surface area contributed by atoms with E-state index < -0.39 is 0 Å². The Bertz CT molecular complexity index is 635. The third-order valence-corrected chi connectivity index (χ3v) is 6.13. The molecule has 3 aliphatic rings. The zero-order valence-corrected chi connectivity index (χ0v) is 13.7. The van der Waals surface area contributed by atoms with Gasteiger partial charge in [0.25, 0.3) is 0 Å². The maximum Gasteiger partial charge on any atom is 0.241 e. The summed E-state index contributed by atoms with van der Waals surface area (Å²) in [4.78, 5) is 25.1. The fourth-order valence-corrected chi connectivity index (χ4v) is 4.70. The molecule has 122 valence electrons. The molecule has 3 N–H and O–H groups in total. The van der Waals surface area contributed by atoms with Gasteiger partial charge in [0.2, 0.25) is 11.8 Å². The molecule has 0 spiro atoms. The van der Waals surface area contributed by atoms with E-state index in [1.807, 2.05) is 18.2 Å². The predicted molar refractivity (Wildman–Crippen MR) is 91.7 cm³/mol. The Kier molecular flexibility index (Phi) is 4.03. The number of thioether (sulfide) groups is 1. The number of anilines is 2. The highest BCUT2D eigenvalue weighted by Gasteiger charge is 2.38. The van der Waals surface area contributed by atoms with Gasteiger partial charge in [-0.3, -0.25) is 9.59 Å². The van der Waals surface area contributed by atoms with Crippen molar-refractivity contribution in [2.75, 3.05) is 16.4 Å². The average Bonchev–Trinajstić information content (AvgIpc) is 2.98. The van der Waals surface area contributed by atoms with Crippen LogP contribution in [-0.4, -0.2) is 29.7 Å². The summed E-state index contributed by atoms with van der Waals surface area (Å²) < 4.78 is 0. The molecule has 0 aromatic heterocycles. The second kappa shape index (κ2) is 6.17. The molecule has 1 aromatic carbocycles. The van der Waals surface area contributed by atoms with Gasteiger partial charge >= 0.3 is 0 Å². The summed E-state index contributed by atoms with van der Waals surface area (Å²) in [5.41, 5.74) is 1.53. The summed E-state index contributed by atoms with van der Waals surface area (Å²) in [6, 6.07) is 6.13. The number of carbonyl (C=O) groups is 2. The first-order chi connectivity index (χ1) is 11.2. The van der Waals surface area contributed by atoms with Gasteiger partial charge in [0.1, 0.15) is 0 Å². The van der Waals surface area contributed by atoms with Crippen molar-refractivity contribution in [1.29, 1.82) is 0 Å². The summed E-state index contributed by atoms with van der Waals surface area (Å²) in [6.07, 6.45) is 5.93. The Hall–Kier alpha value is -1.53. The van der Waals surface area contributed by atoms with Crippen LogP contribution in [0.4, 0.5) is 11.4 Å². The number of nitrogens with one attached hydrogen (secondary N) is 3. The maximum atomic E-state index is 12.5. The molecule has 2 amide bonds. The van der Waals surface area contributed by atoms with Crippen LogP contribution in [0.5, 0.6) is 0 Å². The van der Waals surface area contributed by atoms with E-state index in [1.165, 1.54) is 37.4 Å². The average molecular weight is 331 g/mol. The third-order valence-electron chi connectivity index (χ3n) is 5.06. The zero-order chi connectivity index (χ0) is 15.8. The van der Waals surface area contributed by atoms with Crippen molar-refractivity contribution < 1.29 is 9.59 Å². The van der Waals surface area contributed by atoms with Gasteiger partial charge in [0, 0.05) is 16.6 Å². The Balaban J connectivity index is 1.43. The minimum Gasteiger partial charge on any atom is -0.325 e. The minimum atomic E-state index is -0.0944. The van der Waals surface area contributed by atoms with E-state index in [1.54, 1.807) is 0 Å². The van der Waals surface area contributed by atoms with Crippen molar-refractivity contribution in [3.05, 3.63) is 18.2 Å². The number of benzene rings is 1. The maximum absolute atomic E-state index is 12.5. The van der Waals surface area contributed by atoms with Crippen molar-refractivity contribution in [2.45, 2.75) is 49.1 Å². The smallest absolute Gasteiger partial charge is 0.241 e. The molecular formula is C17H21N3O2S. The zero-order valence-electron chi connectivity index (χ0n) is 12.9. The van der Waals surface area contributed by atoms with Crippen LogP contribution in [0.1, 0.15) is 32.1 Å². The number of hydrogen-bond donors (Lipinski definition) is 3. The van der Waals surface area contributed by atoms with E-state index in [9.17, 15) is 9.59 Å². The lowest BCUT2D eigenvalue weighted by molar-refractivity contribution is -0.118. The first-order valence-corrected chi connectivity index (χ1v) is 9.31. The molecule has 1 saturated heterocycles. The van der Waals surface area contributed by atoms with Crippen molar-refractivity contribution in [1.82, 2.24) is 5.32 Å². The van der Waals surface area contributed by atoms with Gasteiger partial charge in [-0.1, -0.05) is 12.8 Å². The number of carbonyl (C=O) groups excluding carboxylic acids is 2. The standard InChI is InChI=1S/C17H21N3O2S/c21-16-9-23-15-6-5-11(8-13(15)20-16)18-17(22)14-7-10-3-1-2-4-12(10)19-14/h5-6,8,10,12,14,19H,1-4,7,9H2,(H,18,22)(H,20,21). The van der Waals surface area contributed by atoms with Crippen molar-refractivity contribution in [2.24, 2.45) is 5.92 Å². The molecule has 2 fully saturated rings. The molecule has 2 heterocycles. The molecule has 3 unspecified atom stereocenters. The Morgan fingerprint density at radius 2 is 2.13 bits per heavy atom. The van der Waals surface area contributed by atoms with Crippen LogP contribution >= 0.6 is 11.8 Å². The van der Waals surface area contributed by atoms with Crippen molar-refractivity contribution in [3.63, 3.8) is 0 Å². The molecule has 1 aliphatic carbocycles. The molecule has 23 heavy (non-hydrogen) atoms. The highest BCUT2D eigenvalue weighted by molar-refractivity contribution is 8.00. The fraction of sp³-hybridized carbons (Fsp3) is 0.529. The lowest BCUT2D eigenvalue weighted by atomic mass is 9.85. The van der Waals surface area contributed by atoms with Crippen LogP contribution in [0, 0.1) is 5.92 Å². The molecule has 2 aliphatic heterocycles. The molecule has 1 saturated carbocycles. The first kappa shape index (κ1) is 15.0. The monoisotopic (exact) mass is 331 g/mol. The Labute approximate surface area is 140 Å². The van der Waals surface area contributed by atoms with Crippen LogP contribution in [0.25, 0.3) is 0 Å². The SMILES string of the molecule is O=C1CSc2ccc(NC(=O)C3CC4CCCCC4N3)cc2N1. The van der Waals surface area contributed by atoms with E-state index >= 15 is 0 Å². The molecule has 0 bridgehead atoms. The number of fused-ring (bicyclic) bond motifs is 2. The van der Waals surface area contributed by atoms with E-state index in [0.717, 1.165) is 22.7 Å². The Morgan fingerprint density at radius 1 is 1.26 bits per heavy atom. The molecule has 5 nitrogen and oxygen atoms in total. The topological polar surface area (TPSA) is 70.2 Å².